The molecule has 0 bridgehead atoms. The van der Waals surface area contributed by atoms with Crippen molar-refractivity contribution in [3.8, 4) is 22.7 Å². The van der Waals surface area contributed by atoms with Crippen molar-refractivity contribution in [3.05, 3.63) is 82.7 Å². The molecule has 5 aromatic rings. The summed E-state index contributed by atoms with van der Waals surface area (Å²) in [5, 5.41) is 5.53. The van der Waals surface area contributed by atoms with Crippen molar-refractivity contribution in [1.29, 1.82) is 0 Å². The van der Waals surface area contributed by atoms with Gasteiger partial charge in [-0.3, -0.25) is 9.69 Å². The summed E-state index contributed by atoms with van der Waals surface area (Å²) >= 11 is 0. The number of aromatic amines is 1. The van der Waals surface area contributed by atoms with E-state index in [4.69, 9.17) is 9.84 Å². The van der Waals surface area contributed by atoms with E-state index in [9.17, 15) is 18.0 Å². The smallest absolute Gasteiger partial charge is 0.419 e. The van der Waals surface area contributed by atoms with Gasteiger partial charge in [-0.1, -0.05) is 32.0 Å². The highest BCUT2D eigenvalue weighted by atomic mass is 19.4. The number of aryl methyl sites for hydroxylation is 2. The number of benzene rings is 2. The number of fused-ring (bicyclic) bond motifs is 2. The number of nitrogens with one attached hydrogen (secondary N) is 1. The Morgan fingerprint density at radius 1 is 1.07 bits per heavy atom. The predicted molar refractivity (Wildman–Crippen MR) is 149 cm³/mol. The number of H-pyrrole nitrogens is 1. The van der Waals surface area contributed by atoms with Crippen LogP contribution in [0.5, 0.6) is 5.75 Å². The van der Waals surface area contributed by atoms with E-state index in [1.165, 1.54) is 18.1 Å². The van der Waals surface area contributed by atoms with Crippen LogP contribution in [0.2, 0.25) is 0 Å². The Morgan fingerprint density at radius 2 is 1.76 bits per heavy atom. The van der Waals surface area contributed by atoms with Gasteiger partial charge in [0, 0.05) is 42.5 Å². The first kappa shape index (κ1) is 27.4. The maximum Gasteiger partial charge on any atom is 0.419 e. The van der Waals surface area contributed by atoms with Gasteiger partial charge in [-0.15, -0.1) is 0 Å². The fourth-order valence-corrected chi connectivity index (χ4v) is 5.58. The highest BCUT2D eigenvalue weighted by Crippen LogP contribution is 2.42. The first-order chi connectivity index (χ1) is 20.2. The lowest BCUT2D eigenvalue weighted by atomic mass is 9.96. The zero-order valence-corrected chi connectivity index (χ0v) is 23.0. The number of alkyl halides is 3. The Kier molecular flexibility index (Phi) is 6.71. The molecule has 216 valence electrons. The first-order valence-electron chi connectivity index (χ1n) is 13.5. The van der Waals surface area contributed by atoms with Crippen molar-refractivity contribution in [2.24, 2.45) is 0 Å². The van der Waals surface area contributed by atoms with Gasteiger partial charge in [-0.05, 0) is 36.1 Å². The molecule has 8 nitrogen and oxygen atoms in total. The molecular weight excluding hydrogens is 552 g/mol. The highest BCUT2D eigenvalue weighted by Gasteiger charge is 2.37. The van der Waals surface area contributed by atoms with Gasteiger partial charge in [0.2, 0.25) is 5.95 Å². The van der Waals surface area contributed by atoms with E-state index in [0.29, 0.717) is 53.1 Å². The van der Waals surface area contributed by atoms with E-state index in [-0.39, 0.29) is 30.2 Å². The van der Waals surface area contributed by atoms with Gasteiger partial charge in [-0.2, -0.15) is 18.3 Å². The van der Waals surface area contributed by atoms with E-state index in [1.807, 2.05) is 32.0 Å². The molecule has 2 aromatic carbocycles. The Hall–Kier alpha value is -4.74. The van der Waals surface area contributed by atoms with Crippen LogP contribution < -0.4 is 9.64 Å². The normalized spacial score (nSPS) is 13.6. The number of hydrogen-bond donors (Lipinski definition) is 1. The molecule has 0 radical (unpaired) electrons. The summed E-state index contributed by atoms with van der Waals surface area (Å²) in [5.74, 6) is -1.29. The van der Waals surface area contributed by atoms with Crippen molar-refractivity contribution >= 4 is 22.8 Å². The molecule has 42 heavy (non-hydrogen) atoms. The summed E-state index contributed by atoms with van der Waals surface area (Å²) < 4.78 is 61.9. The second kappa shape index (κ2) is 10.3. The average Bonchev–Trinajstić information content (AvgIpc) is 3.62. The Bertz CT molecular complexity index is 1800. The van der Waals surface area contributed by atoms with Gasteiger partial charge in [0.05, 0.1) is 40.8 Å². The molecule has 1 amide bonds. The molecule has 0 saturated carbocycles. The van der Waals surface area contributed by atoms with Crippen LogP contribution in [-0.2, 0) is 25.4 Å². The molecule has 0 atom stereocenters. The van der Waals surface area contributed by atoms with Gasteiger partial charge >= 0.3 is 6.18 Å². The quantitative estimate of drug-likeness (QED) is 0.239. The van der Waals surface area contributed by atoms with Crippen molar-refractivity contribution in [3.63, 3.8) is 0 Å². The van der Waals surface area contributed by atoms with Crippen LogP contribution in [0.15, 0.2) is 48.9 Å². The van der Waals surface area contributed by atoms with E-state index in [1.54, 1.807) is 16.9 Å². The first-order valence-corrected chi connectivity index (χ1v) is 13.5. The van der Waals surface area contributed by atoms with Crippen LogP contribution >= 0.6 is 0 Å². The summed E-state index contributed by atoms with van der Waals surface area (Å²) in [6, 6.07) is 9.04. The number of nitrogens with zero attached hydrogens (tertiary/aromatic N) is 5. The second-order valence-corrected chi connectivity index (χ2v) is 9.90. The molecule has 0 unspecified atom stereocenters. The average molecular weight is 579 g/mol. The lowest BCUT2D eigenvalue weighted by Gasteiger charge is -2.25. The number of halogens is 4. The largest absolute Gasteiger partial charge is 0.492 e. The SMILES string of the molecule is CCc1cccc(CC)c1-n1nc2c(c1-c1cc(F)c(OC)c3[nH]ccc13)C(=O)N(c1ncc(C(F)(F)F)cn1)CC2. The summed E-state index contributed by atoms with van der Waals surface area (Å²) in [7, 11) is 1.38. The van der Waals surface area contributed by atoms with Crippen molar-refractivity contribution in [2.45, 2.75) is 39.3 Å². The fraction of sp³-hybridized carbons (Fsp3) is 0.267. The monoisotopic (exact) mass is 578 g/mol. The third-order valence-corrected chi connectivity index (χ3v) is 7.58. The molecule has 3 aromatic heterocycles. The Balaban J connectivity index is 1.62. The fourth-order valence-electron chi connectivity index (χ4n) is 5.58. The maximum absolute atomic E-state index is 15.5. The molecule has 0 fully saturated rings. The zero-order valence-electron chi connectivity index (χ0n) is 23.0. The number of anilines is 1. The number of carbonyl (C=O) groups is 1. The minimum Gasteiger partial charge on any atom is -0.492 e. The molecule has 0 saturated heterocycles. The van der Waals surface area contributed by atoms with Crippen molar-refractivity contribution in [1.82, 2.24) is 24.7 Å². The zero-order chi connectivity index (χ0) is 29.8. The summed E-state index contributed by atoms with van der Waals surface area (Å²) in [5.41, 5.74) is 3.67. The molecule has 0 spiro atoms. The minimum atomic E-state index is -4.62. The number of rotatable bonds is 6. The van der Waals surface area contributed by atoms with Gasteiger partial charge in [-0.25, -0.2) is 19.0 Å². The van der Waals surface area contributed by atoms with Gasteiger partial charge in [0.25, 0.3) is 5.91 Å². The van der Waals surface area contributed by atoms with Crippen LogP contribution in [0.4, 0.5) is 23.5 Å². The Morgan fingerprint density at radius 3 is 2.38 bits per heavy atom. The molecule has 1 aliphatic rings. The predicted octanol–water partition coefficient (Wildman–Crippen LogP) is 6.30. The second-order valence-electron chi connectivity index (χ2n) is 9.90. The lowest BCUT2D eigenvalue weighted by molar-refractivity contribution is -0.138. The standard InChI is InChI=1S/C30H26F4N6O2/c1-4-16-7-6-8-17(5-2)25(16)40-26(20-13-21(31)27(42-3)24-19(20)9-11-35-24)23-22(38-40)10-12-39(28(23)41)29-36-14-18(15-37-29)30(32,33)34/h6-9,11,13-15,35H,4-5,10,12H2,1-3H3. The molecular formula is C30H26F4N6O2. The number of hydrogen-bond acceptors (Lipinski definition) is 5. The van der Waals surface area contributed by atoms with E-state index in [0.717, 1.165) is 16.8 Å². The number of ether oxygens (including phenoxy) is 1. The molecule has 4 heterocycles. The van der Waals surface area contributed by atoms with Crippen LogP contribution in [0.1, 0.15) is 46.6 Å². The van der Waals surface area contributed by atoms with Gasteiger partial charge < -0.3 is 9.72 Å². The highest BCUT2D eigenvalue weighted by molar-refractivity contribution is 6.13. The van der Waals surface area contributed by atoms with Crippen LogP contribution in [0.3, 0.4) is 0 Å². The summed E-state index contributed by atoms with van der Waals surface area (Å²) in [6.07, 6.45) is 0.00855. The third-order valence-electron chi connectivity index (χ3n) is 7.58. The number of aromatic nitrogens is 5. The number of amides is 1. The number of carbonyl (C=O) groups excluding carboxylic acids is 1. The van der Waals surface area contributed by atoms with Crippen molar-refractivity contribution < 1.29 is 27.1 Å². The molecule has 12 heteroatoms. The molecule has 0 aliphatic carbocycles. The maximum atomic E-state index is 15.5. The van der Waals surface area contributed by atoms with E-state index < -0.39 is 23.5 Å². The lowest BCUT2D eigenvalue weighted by Crippen LogP contribution is -2.38. The van der Waals surface area contributed by atoms with Crippen molar-refractivity contribution in [2.75, 3.05) is 18.6 Å². The third kappa shape index (κ3) is 4.29. The van der Waals surface area contributed by atoms with Gasteiger partial charge in [0.1, 0.15) is 0 Å². The van der Waals surface area contributed by atoms with E-state index in [2.05, 4.69) is 15.0 Å². The summed E-state index contributed by atoms with van der Waals surface area (Å²) in [6.45, 7) is 4.15. The Labute approximate surface area is 238 Å². The van der Waals surface area contributed by atoms with E-state index >= 15 is 4.39 Å². The topological polar surface area (TPSA) is 88.9 Å². The number of methoxy groups -OCH3 is 1. The number of para-hydroxylation sites is 1. The van der Waals surface area contributed by atoms with Gasteiger partial charge in [0.15, 0.2) is 11.6 Å². The summed E-state index contributed by atoms with van der Waals surface area (Å²) in [4.78, 5) is 26.2. The molecule has 1 N–H and O–H groups in total. The van der Waals surface area contributed by atoms with Crippen LogP contribution in [0.25, 0.3) is 27.8 Å². The van der Waals surface area contributed by atoms with Crippen LogP contribution in [0, 0.1) is 5.82 Å². The minimum absolute atomic E-state index is 0.0352. The molecule has 1 aliphatic heterocycles. The van der Waals surface area contributed by atoms with Crippen LogP contribution in [-0.4, -0.2) is 44.3 Å². The molecule has 6 rings (SSSR count).